The van der Waals surface area contributed by atoms with Crippen LogP contribution in [-0.2, 0) is 58.2 Å². The van der Waals surface area contributed by atoms with Gasteiger partial charge in [-0.1, -0.05) is 121 Å². The number of hydrogen-bond donors (Lipinski definition) is 0. The molecule has 0 saturated carbocycles. The van der Waals surface area contributed by atoms with Crippen molar-refractivity contribution >= 4 is 0 Å². The van der Waals surface area contributed by atoms with Crippen LogP contribution in [0.25, 0.3) is 44.5 Å². The summed E-state index contributed by atoms with van der Waals surface area (Å²) in [6.07, 6.45) is 1.02. The van der Waals surface area contributed by atoms with Gasteiger partial charge in [0.1, 0.15) is 49.4 Å². The highest BCUT2D eigenvalue weighted by Gasteiger charge is 2.24. The van der Waals surface area contributed by atoms with E-state index in [-0.39, 0.29) is 0 Å². The average molecular weight is 929 g/mol. The van der Waals surface area contributed by atoms with E-state index in [1.807, 2.05) is 24.3 Å². The molecular weight excluding hydrogens is 873 g/mol. The Kier molecular flexibility index (Phi) is 14.0. The Hall–Kier alpha value is -7.20. The van der Waals surface area contributed by atoms with Crippen molar-refractivity contribution in [2.24, 2.45) is 0 Å². The second kappa shape index (κ2) is 21.6. The maximum Gasteiger partial charge on any atom is 0.128 e. The zero-order chi connectivity index (χ0) is 46.9. The third-order valence-electron chi connectivity index (χ3n) is 13.1. The van der Waals surface area contributed by atoms with Crippen LogP contribution in [0.5, 0.6) is 23.0 Å². The van der Waals surface area contributed by atoms with Gasteiger partial charge in [0.2, 0.25) is 0 Å². The van der Waals surface area contributed by atoms with Crippen molar-refractivity contribution in [2.75, 3.05) is 52.9 Å². The first-order chi connectivity index (χ1) is 34.7. The van der Waals surface area contributed by atoms with Crippen molar-refractivity contribution in [3.63, 3.8) is 0 Å². The fraction of sp³-hybridized carbons (Fsp3) is 0.226. The van der Waals surface area contributed by atoms with Crippen molar-refractivity contribution in [2.45, 2.75) is 39.3 Å². The Morgan fingerprint density at radius 2 is 0.443 bits per heavy atom. The lowest BCUT2D eigenvalue weighted by Crippen LogP contribution is -2.17. The molecule has 12 bridgehead atoms. The molecule has 0 atom stereocenters. The third-order valence-corrected chi connectivity index (χ3v) is 13.1. The topological polar surface area (TPSA) is 73.8 Å². The molecule has 70 heavy (non-hydrogen) atoms. The molecule has 0 spiro atoms. The fourth-order valence-corrected chi connectivity index (χ4v) is 9.87. The number of hydrogen-bond acceptors (Lipinski definition) is 8. The second-order valence-corrected chi connectivity index (χ2v) is 17.9. The van der Waals surface area contributed by atoms with Gasteiger partial charge < -0.3 is 37.9 Å². The number of rotatable bonds is 4. The van der Waals surface area contributed by atoms with Gasteiger partial charge in [0, 0.05) is 35.1 Å². The van der Waals surface area contributed by atoms with Gasteiger partial charge in [-0.05, 0) is 115 Å². The number of ether oxygens (including phenoxy) is 8. The molecule has 3 heterocycles. The normalized spacial score (nSPS) is 15.4. The van der Waals surface area contributed by atoms with E-state index in [1.54, 1.807) is 0 Å². The van der Waals surface area contributed by atoms with Crippen LogP contribution in [-0.4, -0.2) is 52.9 Å². The molecule has 8 aromatic rings. The SMILES string of the molecule is c1ccc(-c2cc3c4c(c2)Cc2cc(-c5ccccc5)cc5c2OCCOCCOc2c(cc(-c6ccccc6)cc2Cc2cc(-c6ccccc6)cc(c2OCCOCCO4)COC3)COC5)cc1. The Morgan fingerprint density at radius 3 is 0.686 bits per heavy atom. The molecule has 8 heteroatoms. The zero-order valence-electron chi connectivity index (χ0n) is 39.3. The summed E-state index contributed by atoms with van der Waals surface area (Å²) in [5.74, 6) is 3.13. The largest absolute Gasteiger partial charge is 0.491 e. The highest BCUT2D eigenvalue weighted by molar-refractivity contribution is 5.73. The van der Waals surface area contributed by atoms with Crippen LogP contribution in [0.2, 0.25) is 0 Å². The summed E-state index contributed by atoms with van der Waals surface area (Å²) >= 11 is 0. The van der Waals surface area contributed by atoms with Crippen molar-refractivity contribution in [3.05, 3.63) is 214 Å². The smallest absolute Gasteiger partial charge is 0.128 e. The van der Waals surface area contributed by atoms with Crippen LogP contribution >= 0.6 is 0 Å². The van der Waals surface area contributed by atoms with Gasteiger partial charge in [-0.3, -0.25) is 0 Å². The maximum atomic E-state index is 6.92. The van der Waals surface area contributed by atoms with Gasteiger partial charge in [0.15, 0.2) is 0 Å². The van der Waals surface area contributed by atoms with E-state index in [0.29, 0.717) is 92.1 Å². The standard InChI is InChI=1S/C62H56O8/c1-5-13-43(14-6-1)47-29-51-37-52-30-48(44-15-7-2-8-16-44)34-57-41-66-42-58-36-50(46-19-11-4-12-20-46)32-54(62(58)70-28-24-64-22-26-68-60(52)57)38-53-31-49(45-17-9-3-10-18-45)35-56-40-65-39-55(33-47)59(51)67-25-21-63-23-27-69-61(53)56/h1-20,29-36H,21-28,37-42H2. The van der Waals surface area contributed by atoms with Gasteiger partial charge in [-0.25, -0.2) is 0 Å². The van der Waals surface area contributed by atoms with Crippen LogP contribution in [0.3, 0.4) is 0 Å². The lowest BCUT2D eigenvalue weighted by Gasteiger charge is -2.24. The van der Waals surface area contributed by atoms with Crippen molar-refractivity contribution in [1.82, 2.24) is 0 Å². The molecule has 0 radical (unpaired) electrons. The van der Waals surface area contributed by atoms with Crippen LogP contribution in [0.1, 0.15) is 44.5 Å². The Morgan fingerprint density at radius 1 is 0.214 bits per heavy atom. The van der Waals surface area contributed by atoms with Crippen molar-refractivity contribution < 1.29 is 37.9 Å². The average Bonchev–Trinajstić information content (AvgIpc) is 3.40. The molecule has 8 aromatic carbocycles. The molecule has 0 aliphatic carbocycles. The van der Waals surface area contributed by atoms with Gasteiger partial charge in [0.05, 0.1) is 52.9 Å². The molecule has 3 aliphatic rings. The van der Waals surface area contributed by atoms with Crippen molar-refractivity contribution in [3.8, 4) is 67.5 Å². The Labute approximate surface area is 410 Å². The van der Waals surface area contributed by atoms with E-state index in [9.17, 15) is 0 Å². The lowest BCUT2D eigenvalue weighted by molar-refractivity contribution is 0.0670. The van der Waals surface area contributed by atoms with Crippen LogP contribution in [0.15, 0.2) is 170 Å². The van der Waals surface area contributed by atoms with Crippen LogP contribution in [0.4, 0.5) is 0 Å². The molecule has 0 saturated heterocycles. The molecule has 11 rings (SSSR count). The van der Waals surface area contributed by atoms with Gasteiger partial charge >= 0.3 is 0 Å². The van der Waals surface area contributed by atoms with E-state index < -0.39 is 0 Å². The first-order valence-electron chi connectivity index (χ1n) is 24.4. The summed E-state index contributed by atoms with van der Waals surface area (Å²) in [5, 5.41) is 0. The minimum atomic E-state index is 0.290. The summed E-state index contributed by atoms with van der Waals surface area (Å²) in [4.78, 5) is 0. The molecule has 0 fully saturated rings. The predicted octanol–water partition coefficient (Wildman–Crippen LogP) is 12.9. The van der Waals surface area contributed by atoms with Gasteiger partial charge in [0.25, 0.3) is 0 Å². The summed E-state index contributed by atoms with van der Waals surface area (Å²) in [5.41, 5.74) is 16.5. The molecule has 0 N–H and O–H groups in total. The van der Waals surface area contributed by atoms with E-state index in [2.05, 4.69) is 146 Å². The molecule has 3 aliphatic heterocycles. The Balaban J connectivity index is 1.16. The van der Waals surface area contributed by atoms with E-state index in [0.717, 1.165) is 112 Å². The first kappa shape index (κ1) is 45.3. The fourth-order valence-electron chi connectivity index (χ4n) is 9.87. The first-order valence-corrected chi connectivity index (χ1v) is 24.4. The van der Waals surface area contributed by atoms with Gasteiger partial charge in [-0.15, -0.1) is 0 Å². The molecule has 0 amide bonds. The third kappa shape index (κ3) is 10.4. The highest BCUT2D eigenvalue weighted by Crippen LogP contribution is 2.42. The monoisotopic (exact) mass is 928 g/mol. The Bertz CT molecular complexity index is 2640. The number of fused-ring (bicyclic) bond motifs is 4. The predicted molar refractivity (Wildman–Crippen MR) is 274 cm³/mol. The minimum Gasteiger partial charge on any atom is -0.491 e. The second-order valence-electron chi connectivity index (χ2n) is 17.9. The summed E-state index contributed by atoms with van der Waals surface area (Å²) in [6, 6.07) is 59.9. The quantitative estimate of drug-likeness (QED) is 0.173. The molecule has 8 nitrogen and oxygen atoms in total. The molecular formula is C62H56O8. The minimum absolute atomic E-state index is 0.290. The maximum absolute atomic E-state index is 6.92. The summed E-state index contributed by atoms with van der Waals surface area (Å²) in [6.45, 7) is 4.07. The van der Waals surface area contributed by atoms with E-state index in [1.165, 1.54) is 0 Å². The number of benzene rings is 8. The van der Waals surface area contributed by atoms with Crippen molar-refractivity contribution in [1.29, 1.82) is 0 Å². The molecule has 0 unspecified atom stereocenters. The molecule has 0 aromatic heterocycles. The van der Waals surface area contributed by atoms with E-state index in [4.69, 9.17) is 37.9 Å². The molecule has 352 valence electrons. The highest BCUT2D eigenvalue weighted by atomic mass is 16.6. The van der Waals surface area contributed by atoms with Gasteiger partial charge in [-0.2, -0.15) is 0 Å². The summed E-state index contributed by atoms with van der Waals surface area (Å²) < 4.78 is 53.7. The summed E-state index contributed by atoms with van der Waals surface area (Å²) in [7, 11) is 0. The lowest BCUT2D eigenvalue weighted by atomic mass is 9.91. The van der Waals surface area contributed by atoms with Crippen LogP contribution < -0.4 is 18.9 Å². The van der Waals surface area contributed by atoms with Crippen LogP contribution in [0, 0.1) is 0 Å². The van der Waals surface area contributed by atoms with E-state index >= 15 is 0 Å². The zero-order valence-corrected chi connectivity index (χ0v) is 39.3.